The van der Waals surface area contributed by atoms with Gasteiger partial charge in [0.1, 0.15) is 0 Å². The molecule has 148 valence electrons. The van der Waals surface area contributed by atoms with Gasteiger partial charge in [0.2, 0.25) is 15.9 Å². The van der Waals surface area contributed by atoms with Gasteiger partial charge in [-0.15, -0.1) is 12.4 Å². The first-order valence-corrected chi connectivity index (χ1v) is 9.65. The first-order chi connectivity index (χ1) is 12.3. The Morgan fingerprint density at radius 2 is 1.89 bits per heavy atom. The van der Waals surface area contributed by atoms with E-state index in [-0.39, 0.29) is 36.0 Å². The molecule has 1 aliphatic rings. The first kappa shape index (κ1) is 21.2. The molecule has 0 radical (unpaired) electrons. The molecule has 3 N–H and O–H groups in total. The van der Waals surface area contributed by atoms with E-state index < -0.39 is 20.5 Å². The van der Waals surface area contributed by atoms with Crippen molar-refractivity contribution in [1.82, 2.24) is 14.9 Å². The Hall–Kier alpha value is -2.08. The average Bonchev–Trinajstić information content (AvgIpc) is 3.25. The minimum atomic E-state index is -3.78. The molecule has 1 aromatic heterocycles. The van der Waals surface area contributed by atoms with E-state index in [1.54, 1.807) is 0 Å². The number of hydrogen-bond donors (Lipinski definition) is 2. The smallest absolute Gasteiger partial charge is 0.269 e. The third-order valence-corrected chi connectivity index (χ3v) is 5.87. The van der Waals surface area contributed by atoms with Crippen LogP contribution in [-0.4, -0.2) is 30.0 Å². The second kappa shape index (κ2) is 8.30. The molecule has 2 aromatic rings. The molecule has 0 bridgehead atoms. The van der Waals surface area contributed by atoms with Gasteiger partial charge in [-0.3, -0.25) is 10.1 Å². The molecule has 3 rings (SSSR count). The van der Waals surface area contributed by atoms with Crippen molar-refractivity contribution >= 4 is 28.1 Å². The fourth-order valence-corrected chi connectivity index (χ4v) is 3.94. The fourth-order valence-electron chi connectivity index (χ4n) is 2.91. The van der Waals surface area contributed by atoms with Gasteiger partial charge in [-0.25, -0.2) is 13.1 Å². The molecule has 0 aliphatic heterocycles. The molecule has 1 aromatic carbocycles. The van der Waals surface area contributed by atoms with Crippen molar-refractivity contribution in [3.8, 4) is 0 Å². The summed E-state index contributed by atoms with van der Waals surface area (Å²) >= 11 is 0. The van der Waals surface area contributed by atoms with Gasteiger partial charge in [0.25, 0.3) is 5.69 Å². The standard InChI is InChI=1S/C15H19N5O5S.ClH/c16-15(8-1-2-9-15)14-18-13(25-19-14)7-10-17-26(23,24)12-5-3-11(4-6-12)20(21)22;/h3-6,17H,1-2,7-10,16H2;1H. The quantitative estimate of drug-likeness (QED) is 0.508. The average molecular weight is 418 g/mol. The predicted octanol–water partition coefficient (Wildman–Crippen LogP) is 1.65. The van der Waals surface area contributed by atoms with E-state index in [0.29, 0.717) is 11.7 Å². The zero-order valence-corrected chi connectivity index (χ0v) is 16.0. The van der Waals surface area contributed by atoms with Crippen LogP contribution in [0.25, 0.3) is 0 Å². The number of rotatable bonds is 7. The van der Waals surface area contributed by atoms with Gasteiger partial charge >= 0.3 is 0 Å². The largest absolute Gasteiger partial charge is 0.339 e. The topological polar surface area (TPSA) is 154 Å². The van der Waals surface area contributed by atoms with Gasteiger partial charge in [-0.1, -0.05) is 18.0 Å². The summed E-state index contributed by atoms with van der Waals surface area (Å²) in [5.74, 6) is 0.770. The van der Waals surface area contributed by atoms with Crippen molar-refractivity contribution in [2.75, 3.05) is 6.54 Å². The molecule has 10 nitrogen and oxygen atoms in total. The summed E-state index contributed by atoms with van der Waals surface area (Å²) in [7, 11) is -3.78. The Labute approximate surface area is 162 Å². The Morgan fingerprint density at radius 3 is 2.48 bits per heavy atom. The van der Waals surface area contributed by atoms with Crippen molar-refractivity contribution in [2.24, 2.45) is 5.73 Å². The van der Waals surface area contributed by atoms with Gasteiger partial charge in [0.05, 0.1) is 15.4 Å². The van der Waals surface area contributed by atoms with E-state index in [1.807, 2.05) is 0 Å². The maximum absolute atomic E-state index is 12.2. The molecule has 1 saturated carbocycles. The van der Waals surface area contributed by atoms with Crippen LogP contribution in [0.3, 0.4) is 0 Å². The Kier molecular flexibility index (Phi) is 6.52. The molecule has 1 aliphatic carbocycles. The number of nitrogens with zero attached hydrogens (tertiary/aromatic N) is 3. The van der Waals surface area contributed by atoms with E-state index in [0.717, 1.165) is 37.8 Å². The molecular weight excluding hydrogens is 398 g/mol. The zero-order chi connectivity index (χ0) is 18.8. The number of halogens is 1. The lowest BCUT2D eigenvalue weighted by atomic mass is 9.99. The summed E-state index contributed by atoms with van der Waals surface area (Å²) in [6, 6.07) is 4.65. The molecule has 1 fully saturated rings. The third kappa shape index (κ3) is 4.80. The van der Waals surface area contributed by atoms with Crippen molar-refractivity contribution in [1.29, 1.82) is 0 Å². The van der Waals surface area contributed by atoms with Crippen molar-refractivity contribution in [3.05, 3.63) is 46.1 Å². The van der Waals surface area contributed by atoms with Crippen molar-refractivity contribution < 1.29 is 17.9 Å². The maximum Gasteiger partial charge on any atom is 0.269 e. The van der Waals surface area contributed by atoms with Crippen LogP contribution in [-0.2, 0) is 22.0 Å². The number of nitro benzene ring substituents is 1. The highest BCUT2D eigenvalue weighted by atomic mass is 35.5. The summed E-state index contributed by atoms with van der Waals surface area (Å²) in [5.41, 5.74) is 5.53. The molecule has 27 heavy (non-hydrogen) atoms. The summed E-state index contributed by atoms with van der Waals surface area (Å²) in [6.07, 6.45) is 3.87. The molecule has 0 saturated heterocycles. The van der Waals surface area contributed by atoms with Crippen LogP contribution in [0, 0.1) is 10.1 Å². The van der Waals surface area contributed by atoms with Crippen molar-refractivity contribution in [3.63, 3.8) is 0 Å². The summed E-state index contributed by atoms with van der Waals surface area (Å²) < 4.78 is 32.0. The van der Waals surface area contributed by atoms with Gasteiger partial charge in [0, 0.05) is 25.1 Å². The molecule has 0 spiro atoms. The molecular formula is C15H20ClN5O5S. The van der Waals surface area contributed by atoms with Crippen LogP contribution >= 0.6 is 12.4 Å². The molecule has 1 heterocycles. The number of hydrogen-bond acceptors (Lipinski definition) is 8. The monoisotopic (exact) mass is 417 g/mol. The van der Waals surface area contributed by atoms with Gasteiger partial charge in [0.15, 0.2) is 5.82 Å². The molecule has 12 heteroatoms. The minimum Gasteiger partial charge on any atom is -0.339 e. The number of nitrogens with one attached hydrogen (secondary N) is 1. The lowest BCUT2D eigenvalue weighted by molar-refractivity contribution is -0.384. The normalized spacial score (nSPS) is 16.0. The highest BCUT2D eigenvalue weighted by molar-refractivity contribution is 7.89. The van der Waals surface area contributed by atoms with E-state index >= 15 is 0 Å². The minimum absolute atomic E-state index is 0. The number of sulfonamides is 1. The number of non-ortho nitro benzene ring substituents is 1. The second-order valence-corrected chi connectivity index (χ2v) is 8.04. The SMILES string of the molecule is Cl.NC1(c2noc(CCNS(=O)(=O)c3ccc([N+](=O)[O-])cc3)n2)CCCC1. The number of aromatic nitrogens is 2. The van der Waals surface area contributed by atoms with Crippen LogP contribution in [0.15, 0.2) is 33.7 Å². The second-order valence-electron chi connectivity index (χ2n) is 6.27. The van der Waals surface area contributed by atoms with Crippen LogP contribution in [0.1, 0.15) is 37.4 Å². The number of nitrogens with two attached hydrogens (primary N) is 1. The van der Waals surface area contributed by atoms with E-state index in [9.17, 15) is 18.5 Å². The zero-order valence-electron chi connectivity index (χ0n) is 14.3. The number of nitro groups is 1. The summed E-state index contributed by atoms with van der Waals surface area (Å²) in [6.45, 7) is 0.0541. The van der Waals surface area contributed by atoms with Crippen LogP contribution in [0.5, 0.6) is 0 Å². The van der Waals surface area contributed by atoms with E-state index in [2.05, 4.69) is 14.9 Å². The lowest BCUT2D eigenvalue weighted by Gasteiger charge is -2.17. The van der Waals surface area contributed by atoms with Gasteiger partial charge in [-0.05, 0) is 25.0 Å². The molecule has 0 amide bonds. The molecule has 0 unspecified atom stereocenters. The highest BCUT2D eigenvalue weighted by Crippen LogP contribution is 2.34. The van der Waals surface area contributed by atoms with E-state index in [4.69, 9.17) is 10.3 Å². The molecule has 0 atom stereocenters. The Bertz CT molecular complexity index is 894. The Balaban J connectivity index is 0.00000261. The fraction of sp³-hybridized carbons (Fsp3) is 0.467. The third-order valence-electron chi connectivity index (χ3n) is 4.40. The predicted molar refractivity (Wildman–Crippen MR) is 97.9 cm³/mol. The summed E-state index contributed by atoms with van der Waals surface area (Å²) in [5, 5.41) is 14.5. The van der Waals surface area contributed by atoms with Gasteiger partial charge < -0.3 is 10.3 Å². The Morgan fingerprint density at radius 1 is 1.26 bits per heavy atom. The van der Waals surface area contributed by atoms with Crippen LogP contribution < -0.4 is 10.5 Å². The lowest BCUT2D eigenvalue weighted by Crippen LogP contribution is -2.34. The highest BCUT2D eigenvalue weighted by Gasteiger charge is 2.35. The van der Waals surface area contributed by atoms with Crippen LogP contribution in [0.4, 0.5) is 5.69 Å². The van der Waals surface area contributed by atoms with Crippen LogP contribution in [0.2, 0.25) is 0 Å². The van der Waals surface area contributed by atoms with E-state index in [1.165, 1.54) is 12.1 Å². The first-order valence-electron chi connectivity index (χ1n) is 8.16. The van der Waals surface area contributed by atoms with Gasteiger partial charge in [-0.2, -0.15) is 4.98 Å². The number of benzene rings is 1. The maximum atomic E-state index is 12.2. The summed E-state index contributed by atoms with van der Waals surface area (Å²) in [4.78, 5) is 14.2. The van der Waals surface area contributed by atoms with Crippen molar-refractivity contribution in [2.45, 2.75) is 42.5 Å².